The number of carbonyl (C=O) groups is 2. The lowest BCUT2D eigenvalue weighted by atomic mass is 9.94. The Balaban J connectivity index is 2.18. The lowest BCUT2D eigenvalue weighted by Gasteiger charge is -2.48. The number of hydrogen-bond donors (Lipinski definition) is 2. The Labute approximate surface area is 82.8 Å². The smallest absolute Gasteiger partial charge is 0.246 e. The van der Waals surface area contributed by atoms with Crippen LogP contribution in [0, 0.1) is 0 Å². The molecule has 5 heteroatoms. The van der Waals surface area contributed by atoms with E-state index >= 15 is 0 Å². The van der Waals surface area contributed by atoms with Crippen molar-refractivity contribution in [2.75, 3.05) is 19.6 Å². The zero-order chi connectivity index (χ0) is 10.3. The zero-order valence-electron chi connectivity index (χ0n) is 8.46. The van der Waals surface area contributed by atoms with Crippen LogP contribution < -0.4 is 10.6 Å². The summed E-state index contributed by atoms with van der Waals surface area (Å²) in [7, 11) is 0. The molecule has 2 aliphatic rings. The molecule has 0 radical (unpaired) electrons. The van der Waals surface area contributed by atoms with Gasteiger partial charge in [-0.25, -0.2) is 0 Å². The number of nitrogens with zero attached hydrogens (tertiary/aromatic N) is 1. The topological polar surface area (TPSA) is 61.4 Å². The molecule has 0 atom stereocenters. The van der Waals surface area contributed by atoms with Crippen molar-refractivity contribution >= 4 is 11.8 Å². The number of rotatable bonds is 1. The second kappa shape index (κ2) is 3.03. The predicted molar refractivity (Wildman–Crippen MR) is 50.6 cm³/mol. The summed E-state index contributed by atoms with van der Waals surface area (Å²) in [4.78, 5) is 24.8. The summed E-state index contributed by atoms with van der Waals surface area (Å²) >= 11 is 0. The van der Waals surface area contributed by atoms with E-state index in [1.807, 2.05) is 18.7 Å². The third-order valence-electron chi connectivity index (χ3n) is 3.04. The fraction of sp³-hybridized carbons (Fsp3) is 0.778. The van der Waals surface area contributed by atoms with E-state index in [4.69, 9.17) is 0 Å². The first-order valence-corrected chi connectivity index (χ1v) is 4.83. The molecular formula is C9H15N3O2. The van der Waals surface area contributed by atoms with Gasteiger partial charge in [-0.05, 0) is 13.8 Å². The van der Waals surface area contributed by atoms with Crippen molar-refractivity contribution < 1.29 is 9.59 Å². The first kappa shape index (κ1) is 9.61. The maximum absolute atomic E-state index is 11.6. The highest BCUT2D eigenvalue weighted by Gasteiger charge is 2.45. The van der Waals surface area contributed by atoms with E-state index in [0.717, 1.165) is 13.1 Å². The summed E-state index contributed by atoms with van der Waals surface area (Å²) in [5.41, 5.74) is -0.569. The standard InChI is InChI=1S/C9H15N3O2/c1-9(2)8(14)11-7(13)5-12(9)6-3-10-4-6/h6,10H,3-5H2,1-2H3,(H,11,13,14). The van der Waals surface area contributed by atoms with Crippen LogP contribution in [0.2, 0.25) is 0 Å². The molecule has 78 valence electrons. The highest BCUT2D eigenvalue weighted by atomic mass is 16.2. The van der Waals surface area contributed by atoms with Gasteiger partial charge >= 0.3 is 0 Å². The molecular weight excluding hydrogens is 182 g/mol. The van der Waals surface area contributed by atoms with Gasteiger partial charge in [0.1, 0.15) is 0 Å². The lowest BCUT2D eigenvalue weighted by molar-refractivity contribution is -0.148. The average Bonchev–Trinajstić information content (AvgIpc) is 1.97. The highest BCUT2D eigenvalue weighted by Crippen LogP contribution is 2.22. The predicted octanol–water partition coefficient (Wildman–Crippen LogP) is -1.30. The van der Waals surface area contributed by atoms with Crippen LogP contribution in [0.5, 0.6) is 0 Å². The van der Waals surface area contributed by atoms with E-state index in [1.54, 1.807) is 0 Å². The Morgan fingerprint density at radius 3 is 2.50 bits per heavy atom. The Bertz CT molecular complexity index is 284. The number of piperazine rings is 1. The molecule has 0 unspecified atom stereocenters. The van der Waals surface area contributed by atoms with Crippen molar-refractivity contribution in [2.45, 2.75) is 25.4 Å². The van der Waals surface area contributed by atoms with Gasteiger partial charge in [0.05, 0.1) is 12.1 Å². The van der Waals surface area contributed by atoms with Crippen LogP contribution in [-0.4, -0.2) is 47.9 Å². The van der Waals surface area contributed by atoms with Gasteiger partial charge in [-0.3, -0.25) is 19.8 Å². The Morgan fingerprint density at radius 1 is 1.36 bits per heavy atom. The van der Waals surface area contributed by atoms with E-state index in [0.29, 0.717) is 12.6 Å². The Morgan fingerprint density at radius 2 is 2.00 bits per heavy atom. The van der Waals surface area contributed by atoms with Gasteiger partial charge in [0.15, 0.2) is 0 Å². The molecule has 0 aromatic carbocycles. The van der Waals surface area contributed by atoms with Crippen LogP contribution in [0.4, 0.5) is 0 Å². The minimum absolute atomic E-state index is 0.193. The average molecular weight is 197 g/mol. The number of imide groups is 1. The number of hydrogen-bond acceptors (Lipinski definition) is 4. The second-order valence-corrected chi connectivity index (χ2v) is 4.38. The van der Waals surface area contributed by atoms with Gasteiger partial charge in [-0.1, -0.05) is 0 Å². The van der Waals surface area contributed by atoms with Gasteiger partial charge in [-0.15, -0.1) is 0 Å². The molecule has 0 spiro atoms. The van der Waals surface area contributed by atoms with Crippen molar-refractivity contribution in [3.63, 3.8) is 0 Å². The second-order valence-electron chi connectivity index (χ2n) is 4.38. The van der Waals surface area contributed by atoms with Gasteiger partial charge in [-0.2, -0.15) is 0 Å². The van der Waals surface area contributed by atoms with Crippen LogP contribution in [0.3, 0.4) is 0 Å². The maximum Gasteiger partial charge on any atom is 0.246 e. The van der Waals surface area contributed by atoms with E-state index in [2.05, 4.69) is 10.6 Å². The SMILES string of the molecule is CC1(C)C(=O)NC(=O)CN1C1CNC1. The van der Waals surface area contributed by atoms with Crippen molar-refractivity contribution in [3.8, 4) is 0 Å². The van der Waals surface area contributed by atoms with Crippen LogP contribution in [-0.2, 0) is 9.59 Å². The van der Waals surface area contributed by atoms with Crippen molar-refractivity contribution in [3.05, 3.63) is 0 Å². The van der Waals surface area contributed by atoms with Gasteiger partial charge < -0.3 is 5.32 Å². The fourth-order valence-electron chi connectivity index (χ4n) is 1.88. The van der Waals surface area contributed by atoms with E-state index in [9.17, 15) is 9.59 Å². The summed E-state index contributed by atoms with van der Waals surface area (Å²) in [5, 5.41) is 5.50. The molecule has 2 N–H and O–H groups in total. The monoisotopic (exact) mass is 197 g/mol. The number of nitrogens with one attached hydrogen (secondary N) is 2. The normalized spacial score (nSPS) is 28.4. The molecule has 0 aromatic rings. The minimum atomic E-state index is -0.569. The van der Waals surface area contributed by atoms with Crippen LogP contribution in [0.1, 0.15) is 13.8 Å². The molecule has 5 nitrogen and oxygen atoms in total. The molecule has 0 aliphatic carbocycles. The first-order valence-electron chi connectivity index (χ1n) is 4.83. The third kappa shape index (κ3) is 1.33. The summed E-state index contributed by atoms with van der Waals surface area (Å²) in [6.07, 6.45) is 0. The van der Waals surface area contributed by atoms with E-state index < -0.39 is 5.54 Å². The fourth-order valence-corrected chi connectivity index (χ4v) is 1.88. The van der Waals surface area contributed by atoms with Crippen LogP contribution in [0.25, 0.3) is 0 Å². The largest absolute Gasteiger partial charge is 0.314 e. The first-order chi connectivity index (χ1) is 6.51. The molecule has 0 aromatic heterocycles. The highest BCUT2D eigenvalue weighted by molar-refractivity contribution is 6.03. The summed E-state index contributed by atoms with van der Waals surface area (Å²) in [6.45, 7) is 5.76. The third-order valence-corrected chi connectivity index (χ3v) is 3.04. The van der Waals surface area contributed by atoms with Gasteiger partial charge in [0.2, 0.25) is 11.8 Å². The number of carbonyl (C=O) groups excluding carboxylic acids is 2. The molecule has 2 heterocycles. The molecule has 2 rings (SSSR count). The molecule has 2 saturated heterocycles. The van der Waals surface area contributed by atoms with Crippen LogP contribution >= 0.6 is 0 Å². The summed E-state index contributed by atoms with van der Waals surface area (Å²) in [5.74, 6) is -0.387. The number of amides is 2. The van der Waals surface area contributed by atoms with Gasteiger partial charge in [0.25, 0.3) is 0 Å². The Hall–Kier alpha value is -0.940. The molecule has 14 heavy (non-hydrogen) atoms. The van der Waals surface area contributed by atoms with Gasteiger partial charge in [0, 0.05) is 19.1 Å². The van der Waals surface area contributed by atoms with Crippen molar-refractivity contribution in [1.82, 2.24) is 15.5 Å². The molecule has 0 saturated carbocycles. The van der Waals surface area contributed by atoms with Crippen LogP contribution in [0.15, 0.2) is 0 Å². The lowest BCUT2D eigenvalue weighted by Crippen LogP contribution is -2.71. The van der Waals surface area contributed by atoms with E-state index in [1.165, 1.54) is 0 Å². The quantitative estimate of drug-likeness (QED) is 0.513. The van der Waals surface area contributed by atoms with Crippen molar-refractivity contribution in [2.24, 2.45) is 0 Å². The zero-order valence-corrected chi connectivity index (χ0v) is 8.46. The van der Waals surface area contributed by atoms with E-state index in [-0.39, 0.29) is 11.8 Å². The minimum Gasteiger partial charge on any atom is -0.314 e. The molecule has 0 bridgehead atoms. The molecule has 2 fully saturated rings. The maximum atomic E-state index is 11.6. The molecule has 2 aliphatic heterocycles. The molecule has 2 amide bonds. The summed E-state index contributed by atoms with van der Waals surface area (Å²) in [6, 6.07) is 0.319. The summed E-state index contributed by atoms with van der Waals surface area (Å²) < 4.78 is 0. The Kier molecular flexibility index (Phi) is 2.08. The van der Waals surface area contributed by atoms with Crippen molar-refractivity contribution in [1.29, 1.82) is 0 Å².